The van der Waals surface area contributed by atoms with E-state index >= 15 is 0 Å². The maximum atomic E-state index is 5.76. The first-order valence-electron chi connectivity index (χ1n) is 6.11. The fraction of sp³-hybridized carbons (Fsp3) is 0.333. The molecule has 1 aliphatic carbocycles. The smallest absolute Gasteiger partial charge is 0.122 e. The molecule has 2 aromatic rings. The Kier molecular flexibility index (Phi) is 2.52. The van der Waals surface area contributed by atoms with Crippen molar-refractivity contribution < 1.29 is 4.74 Å². The number of nitrogens with two attached hydrogens (primary N) is 1. The minimum atomic E-state index is 0.584. The number of hydrogen-bond donors (Lipinski definition) is 1. The Balaban J connectivity index is 2.18. The van der Waals surface area contributed by atoms with Crippen molar-refractivity contribution >= 4 is 10.8 Å². The third-order valence-corrected chi connectivity index (χ3v) is 3.75. The van der Waals surface area contributed by atoms with Gasteiger partial charge in [0.25, 0.3) is 0 Å². The molecule has 2 nitrogen and oxygen atoms in total. The van der Waals surface area contributed by atoms with Crippen LogP contribution in [0.15, 0.2) is 36.4 Å². The van der Waals surface area contributed by atoms with Crippen LogP contribution in [0.1, 0.15) is 17.9 Å². The number of hydrogen-bond acceptors (Lipinski definition) is 2. The van der Waals surface area contributed by atoms with Gasteiger partial charge in [-0.25, -0.2) is 0 Å². The highest BCUT2D eigenvalue weighted by Gasteiger charge is 2.39. The minimum absolute atomic E-state index is 0.584. The summed E-state index contributed by atoms with van der Waals surface area (Å²) >= 11 is 0. The van der Waals surface area contributed by atoms with Gasteiger partial charge in [-0.15, -0.1) is 0 Å². The van der Waals surface area contributed by atoms with Crippen LogP contribution in [0.4, 0.5) is 0 Å². The van der Waals surface area contributed by atoms with Gasteiger partial charge in [-0.1, -0.05) is 30.3 Å². The first-order valence-corrected chi connectivity index (χ1v) is 6.11. The molecule has 3 rings (SSSR count). The summed E-state index contributed by atoms with van der Waals surface area (Å²) in [5.41, 5.74) is 7.10. The van der Waals surface area contributed by atoms with Crippen LogP contribution in [0.2, 0.25) is 0 Å². The molecule has 1 saturated carbocycles. The van der Waals surface area contributed by atoms with E-state index in [-0.39, 0.29) is 0 Å². The van der Waals surface area contributed by atoms with Gasteiger partial charge in [0.05, 0.1) is 7.11 Å². The van der Waals surface area contributed by atoms with Crippen molar-refractivity contribution in [1.29, 1.82) is 0 Å². The molecule has 0 heterocycles. The zero-order chi connectivity index (χ0) is 11.8. The summed E-state index contributed by atoms with van der Waals surface area (Å²) in [5, 5.41) is 2.60. The van der Waals surface area contributed by atoms with Crippen LogP contribution < -0.4 is 10.5 Å². The van der Waals surface area contributed by atoms with E-state index < -0.39 is 0 Å². The fourth-order valence-electron chi connectivity index (χ4n) is 2.70. The van der Waals surface area contributed by atoms with Crippen molar-refractivity contribution in [1.82, 2.24) is 0 Å². The monoisotopic (exact) mass is 227 g/mol. The van der Waals surface area contributed by atoms with E-state index in [1.165, 1.54) is 22.8 Å². The lowest BCUT2D eigenvalue weighted by atomic mass is 9.99. The van der Waals surface area contributed by atoms with E-state index in [0.29, 0.717) is 11.8 Å². The lowest BCUT2D eigenvalue weighted by Crippen LogP contribution is -2.03. The topological polar surface area (TPSA) is 35.2 Å². The van der Waals surface area contributed by atoms with Crippen LogP contribution >= 0.6 is 0 Å². The number of methoxy groups -OCH3 is 1. The van der Waals surface area contributed by atoms with Crippen LogP contribution in [0.25, 0.3) is 10.8 Å². The van der Waals surface area contributed by atoms with Crippen LogP contribution in [0.3, 0.4) is 0 Å². The molecule has 0 amide bonds. The highest BCUT2D eigenvalue weighted by atomic mass is 16.5. The van der Waals surface area contributed by atoms with E-state index in [4.69, 9.17) is 10.5 Å². The lowest BCUT2D eigenvalue weighted by molar-refractivity contribution is 0.410. The van der Waals surface area contributed by atoms with Gasteiger partial charge in [0.2, 0.25) is 0 Å². The number of ether oxygens (including phenoxy) is 1. The van der Waals surface area contributed by atoms with Crippen molar-refractivity contribution in [2.24, 2.45) is 11.7 Å². The largest absolute Gasteiger partial charge is 0.496 e. The molecule has 0 spiro atoms. The Morgan fingerprint density at radius 2 is 2.06 bits per heavy atom. The standard InChI is InChI=1S/C15H17NO/c1-17-14-7-6-10-4-2-3-5-12(10)15(14)13-8-11(13)9-16/h2-7,11,13H,8-9,16H2,1H3/t11-,13-/m0/s1. The minimum Gasteiger partial charge on any atom is -0.496 e. The average molecular weight is 227 g/mol. The summed E-state index contributed by atoms with van der Waals surface area (Å²) in [4.78, 5) is 0. The summed E-state index contributed by atoms with van der Waals surface area (Å²) in [5.74, 6) is 2.22. The molecule has 0 aliphatic heterocycles. The van der Waals surface area contributed by atoms with E-state index in [1.54, 1.807) is 7.11 Å². The Labute approximate surface area is 101 Å². The van der Waals surface area contributed by atoms with Gasteiger partial charge in [0, 0.05) is 5.56 Å². The summed E-state index contributed by atoms with van der Waals surface area (Å²) < 4.78 is 5.51. The Hall–Kier alpha value is -1.54. The first-order chi connectivity index (χ1) is 8.35. The van der Waals surface area contributed by atoms with Crippen molar-refractivity contribution in [3.63, 3.8) is 0 Å². The normalized spacial score (nSPS) is 22.7. The molecule has 1 aliphatic rings. The molecule has 0 unspecified atom stereocenters. The highest BCUT2D eigenvalue weighted by Crippen LogP contribution is 2.51. The van der Waals surface area contributed by atoms with Gasteiger partial charge in [-0.2, -0.15) is 0 Å². The molecule has 1 fully saturated rings. The number of benzene rings is 2. The summed E-state index contributed by atoms with van der Waals surface area (Å²) in [7, 11) is 1.74. The molecular weight excluding hydrogens is 210 g/mol. The van der Waals surface area contributed by atoms with Crippen LogP contribution in [-0.4, -0.2) is 13.7 Å². The third kappa shape index (κ3) is 1.69. The second-order valence-corrected chi connectivity index (χ2v) is 4.74. The second kappa shape index (κ2) is 4.04. The van der Waals surface area contributed by atoms with Crippen LogP contribution in [-0.2, 0) is 0 Å². The molecular formula is C15H17NO. The lowest BCUT2D eigenvalue weighted by Gasteiger charge is -2.11. The third-order valence-electron chi connectivity index (χ3n) is 3.75. The van der Waals surface area contributed by atoms with Crippen LogP contribution in [0, 0.1) is 5.92 Å². The van der Waals surface area contributed by atoms with E-state index in [9.17, 15) is 0 Å². The Morgan fingerprint density at radius 1 is 1.24 bits per heavy atom. The molecule has 0 radical (unpaired) electrons. The SMILES string of the molecule is COc1ccc2ccccc2c1[C@H]1C[C@H]1CN. The maximum absolute atomic E-state index is 5.76. The summed E-state index contributed by atoms with van der Waals surface area (Å²) in [6, 6.07) is 12.7. The molecule has 0 bridgehead atoms. The molecule has 0 saturated heterocycles. The van der Waals surface area contributed by atoms with Gasteiger partial charge in [-0.05, 0) is 41.6 Å². The highest BCUT2D eigenvalue weighted by molar-refractivity contribution is 5.88. The summed E-state index contributed by atoms with van der Waals surface area (Å²) in [6.45, 7) is 0.775. The quantitative estimate of drug-likeness (QED) is 0.875. The number of fused-ring (bicyclic) bond motifs is 1. The Bertz CT molecular complexity index is 550. The zero-order valence-corrected chi connectivity index (χ0v) is 10.0. The van der Waals surface area contributed by atoms with Crippen molar-refractivity contribution in [3.05, 3.63) is 42.0 Å². The van der Waals surface area contributed by atoms with Gasteiger partial charge >= 0.3 is 0 Å². The van der Waals surface area contributed by atoms with Crippen molar-refractivity contribution in [2.75, 3.05) is 13.7 Å². The van der Waals surface area contributed by atoms with Gasteiger partial charge in [0.1, 0.15) is 5.75 Å². The Morgan fingerprint density at radius 3 is 2.76 bits per heavy atom. The van der Waals surface area contributed by atoms with Crippen molar-refractivity contribution in [3.8, 4) is 5.75 Å². The zero-order valence-electron chi connectivity index (χ0n) is 10.0. The van der Waals surface area contributed by atoms with Gasteiger partial charge in [0.15, 0.2) is 0 Å². The summed E-state index contributed by atoms with van der Waals surface area (Å²) in [6.07, 6.45) is 1.20. The molecule has 2 aromatic carbocycles. The van der Waals surface area contributed by atoms with Crippen molar-refractivity contribution in [2.45, 2.75) is 12.3 Å². The van der Waals surface area contributed by atoms with E-state index in [0.717, 1.165) is 12.3 Å². The molecule has 88 valence electrons. The average Bonchev–Trinajstić information content (AvgIpc) is 3.16. The molecule has 2 N–H and O–H groups in total. The van der Waals surface area contributed by atoms with Gasteiger partial charge < -0.3 is 10.5 Å². The molecule has 2 heteroatoms. The van der Waals surface area contributed by atoms with E-state index in [1.807, 2.05) is 0 Å². The molecule has 0 aromatic heterocycles. The first kappa shape index (κ1) is 10.6. The second-order valence-electron chi connectivity index (χ2n) is 4.74. The van der Waals surface area contributed by atoms with E-state index in [2.05, 4.69) is 36.4 Å². The predicted molar refractivity (Wildman–Crippen MR) is 70.4 cm³/mol. The maximum Gasteiger partial charge on any atom is 0.122 e. The molecule has 2 atom stereocenters. The van der Waals surface area contributed by atoms with Gasteiger partial charge in [-0.3, -0.25) is 0 Å². The predicted octanol–water partition coefficient (Wildman–Crippen LogP) is 2.91. The number of rotatable bonds is 3. The fourth-order valence-corrected chi connectivity index (χ4v) is 2.70. The molecule has 17 heavy (non-hydrogen) atoms. The van der Waals surface area contributed by atoms with Crippen LogP contribution in [0.5, 0.6) is 5.75 Å².